The molecule has 0 spiro atoms. The molecule has 0 aromatic heterocycles. The molecule has 0 saturated carbocycles. The molecule has 1 aromatic carbocycles. The summed E-state index contributed by atoms with van der Waals surface area (Å²) in [6.07, 6.45) is 1.75. The Morgan fingerprint density at radius 3 is 2.94 bits per heavy atom. The monoisotopic (exact) mass is 219 g/mol. The Morgan fingerprint density at radius 1 is 1.44 bits per heavy atom. The van der Waals surface area contributed by atoms with Crippen LogP contribution in [-0.2, 0) is 11.3 Å². The van der Waals surface area contributed by atoms with Crippen LogP contribution in [0.5, 0.6) is 5.75 Å². The van der Waals surface area contributed by atoms with Crippen molar-refractivity contribution in [3.8, 4) is 5.75 Å². The quantitative estimate of drug-likeness (QED) is 0.739. The van der Waals surface area contributed by atoms with Gasteiger partial charge in [-0.25, -0.2) is 0 Å². The second-order valence-corrected chi connectivity index (χ2v) is 3.82. The van der Waals surface area contributed by atoms with Gasteiger partial charge in [-0.05, 0) is 6.07 Å². The van der Waals surface area contributed by atoms with Crippen molar-refractivity contribution >= 4 is 0 Å². The predicted octanol–water partition coefficient (Wildman–Crippen LogP) is 1.74. The fraction of sp³-hybridized carbons (Fsp3) is 0.385. The fourth-order valence-corrected chi connectivity index (χ4v) is 1.55. The third-order valence-corrected chi connectivity index (χ3v) is 2.55. The Balaban J connectivity index is 1.91. The summed E-state index contributed by atoms with van der Waals surface area (Å²) in [4.78, 5) is 0. The van der Waals surface area contributed by atoms with Crippen LogP contribution in [0.4, 0.5) is 0 Å². The Bertz CT molecular complexity index is 348. The Hall–Kier alpha value is -1.32. The number of hydrogen-bond acceptors (Lipinski definition) is 3. The summed E-state index contributed by atoms with van der Waals surface area (Å²) in [5.74, 6) is 0.926. The highest BCUT2D eigenvalue weighted by molar-refractivity contribution is 5.33. The summed E-state index contributed by atoms with van der Waals surface area (Å²) in [6.45, 7) is 6.64. The zero-order valence-corrected chi connectivity index (χ0v) is 9.32. The van der Waals surface area contributed by atoms with Crippen molar-refractivity contribution in [3.05, 3.63) is 42.5 Å². The van der Waals surface area contributed by atoms with Crippen molar-refractivity contribution < 1.29 is 9.47 Å². The summed E-state index contributed by atoms with van der Waals surface area (Å²) in [7, 11) is 0. The minimum absolute atomic E-state index is 0.493. The molecule has 16 heavy (non-hydrogen) atoms. The standard InChI is InChI=1S/C13H17NO2/c1-2-7-16-13-6-4-3-5-11(13)8-14-12-9-15-10-12/h2-6,12,14H,1,7-10H2. The molecule has 1 N–H and O–H groups in total. The molecule has 3 heteroatoms. The van der Waals surface area contributed by atoms with Crippen LogP contribution in [0, 0.1) is 0 Å². The van der Waals surface area contributed by atoms with Crippen molar-refractivity contribution in [2.75, 3.05) is 19.8 Å². The molecule has 0 radical (unpaired) electrons. The van der Waals surface area contributed by atoms with Crippen LogP contribution in [0.3, 0.4) is 0 Å². The first-order valence-electron chi connectivity index (χ1n) is 5.53. The van der Waals surface area contributed by atoms with Gasteiger partial charge >= 0.3 is 0 Å². The highest BCUT2D eigenvalue weighted by Gasteiger charge is 2.17. The van der Waals surface area contributed by atoms with Crippen LogP contribution in [0.1, 0.15) is 5.56 Å². The largest absolute Gasteiger partial charge is 0.489 e. The minimum atomic E-state index is 0.493. The first-order valence-corrected chi connectivity index (χ1v) is 5.53. The van der Waals surface area contributed by atoms with E-state index in [1.165, 1.54) is 5.56 Å². The van der Waals surface area contributed by atoms with E-state index >= 15 is 0 Å². The highest BCUT2D eigenvalue weighted by Crippen LogP contribution is 2.18. The Kier molecular flexibility index (Phi) is 3.97. The molecule has 1 heterocycles. The number of benzene rings is 1. The molecule has 86 valence electrons. The normalized spacial score (nSPS) is 15.5. The fourth-order valence-electron chi connectivity index (χ4n) is 1.55. The molecule has 1 aliphatic heterocycles. The molecular formula is C13H17NO2. The molecule has 1 saturated heterocycles. The number of ether oxygens (including phenoxy) is 2. The summed E-state index contributed by atoms with van der Waals surface area (Å²) >= 11 is 0. The first-order chi connectivity index (χ1) is 7.90. The lowest BCUT2D eigenvalue weighted by atomic mass is 10.1. The van der Waals surface area contributed by atoms with Gasteiger partial charge in [0.2, 0.25) is 0 Å². The van der Waals surface area contributed by atoms with Gasteiger partial charge in [0.1, 0.15) is 12.4 Å². The molecular weight excluding hydrogens is 202 g/mol. The molecule has 1 fully saturated rings. The van der Waals surface area contributed by atoms with Crippen LogP contribution in [0.2, 0.25) is 0 Å². The van der Waals surface area contributed by atoms with Gasteiger partial charge in [0.05, 0.1) is 19.3 Å². The molecule has 0 atom stereocenters. The highest BCUT2D eigenvalue weighted by atomic mass is 16.5. The average Bonchev–Trinajstić information content (AvgIpc) is 2.26. The summed E-state index contributed by atoms with van der Waals surface area (Å²) < 4.78 is 10.7. The van der Waals surface area contributed by atoms with Crippen molar-refractivity contribution in [1.82, 2.24) is 5.32 Å². The average molecular weight is 219 g/mol. The van der Waals surface area contributed by atoms with Crippen molar-refractivity contribution in [2.24, 2.45) is 0 Å². The van der Waals surface area contributed by atoms with E-state index in [0.29, 0.717) is 12.6 Å². The molecule has 1 aromatic rings. The Morgan fingerprint density at radius 2 is 2.25 bits per heavy atom. The molecule has 0 unspecified atom stereocenters. The van der Waals surface area contributed by atoms with Gasteiger partial charge in [0.15, 0.2) is 0 Å². The predicted molar refractivity (Wildman–Crippen MR) is 63.6 cm³/mol. The lowest BCUT2D eigenvalue weighted by Crippen LogP contribution is -2.45. The molecule has 1 aliphatic rings. The van der Waals surface area contributed by atoms with Crippen LogP contribution in [0.25, 0.3) is 0 Å². The third kappa shape index (κ3) is 2.84. The van der Waals surface area contributed by atoms with E-state index in [4.69, 9.17) is 9.47 Å². The minimum Gasteiger partial charge on any atom is -0.489 e. The van der Waals surface area contributed by atoms with E-state index in [9.17, 15) is 0 Å². The SMILES string of the molecule is C=CCOc1ccccc1CNC1COC1. The maximum Gasteiger partial charge on any atom is 0.124 e. The summed E-state index contributed by atoms with van der Waals surface area (Å²) in [5, 5.41) is 3.42. The van der Waals surface area contributed by atoms with E-state index in [2.05, 4.69) is 18.0 Å². The maximum absolute atomic E-state index is 5.58. The van der Waals surface area contributed by atoms with Crippen LogP contribution < -0.4 is 10.1 Å². The molecule has 2 rings (SSSR count). The van der Waals surface area contributed by atoms with E-state index in [0.717, 1.165) is 25.5 Å². The smallest absolute Gasteiger partial charge is 0.124 e. The number of nitrogens with one attached hydrogen (secondary N) is 1. The lowest BCUT2D eigenvalue weighted by molar-refractivity contribution is -0.00585. The van der Waals surface area contributed by atoms with Crippen molar-refractivity contribution in [3.63, 3.8) is 0 Å². The molecule has 0 aliphatic carbocycles. The van der Waals surface area contributed by atoms with Gasteiger partial charge in [0.25, 0.3) is 0 Å². The van der Waals surface area contributed by atoms with Gasteiger partial charge in [-0.15, -0.1) is 0 Å². The summed E-state index contributed by atoms with van der Waals surface area (Å²) in [5.41, 5.74) is 1.18. The summed E-state index contributed by atoms with van der Waals surface area (Å²) in [6, 6.07) is 8.55. The van der Waals surface area contributed by atoms with E-state index in [1.807, 2.05) is 18.2 Å². The van der Waals surface area contributed by atoms with Crippen molar-refractivity contribution in [1.29, 1.82) is 0 Å². The van der Waals surface area contributed by atoms with E-state index < -0.39 is 0 Å². The van der Waals surface area contributed by atoms with Gasteiger partial charge in [-0.2, -0.15) is 0 Å². The third-order valence-electron chi connectivity index (χ3n) is 2.55. The number of rotatable bonds is 6. The topological polar surface area (TPSA) is 30.5 Å². The van der Waals surface area contributed by atoms with Crippen LogP contribution >= 0.6 is 0 Å². The molecule has 0 amide bonds. The number of hydrogen-bond donors (Lipinski definition) is 1. The van der Waals surface area contributed by atoms with E-state index in [-0.39, 0.29) is 0 Å². The van der Waals surface area contributed by atoms with Gasteiger partial charge in [0, 0.05) is 12.1 Å². The number of para-hydroxylation sites is 1. The molecule has 0 bridgehead atoms. The van der Waals surface area contributed by atoms with Gasteiger partial charge < -0.3 is 14.8 Å². The van der Waals surface area contributed by atoms with Crippen LogP contribution in [-0.4, -0.2) is 25.9 Å². The van der Waals surface area contributed by atoms with Gasteiger partial charge in [-0.1, -0.05) is 30.9 Å². The Labute approximate surface area is 96.1 Å². The lowest BCUT2D eigenvalue weighted by Gasteiger charge is -2.27. The zero-order valence-electron chi connectivity index (χ0n) is 9.32. The molecule has 3 nitrogen and oxygen atoms in total. The second-order valence-electron chi connectivity index (χ2n) is 3.82. The first kappa shape index (κ1) is 11.2. The second kappa shape index (κ2) is 5.68. The maximum atomic E-state index is 5.58. The van der Waals surface area contributed by atoms with E-state index in [1.54, 1.807) is 6.08 Å². The van der Waals surface area contributed by atoms with Crippen molar-refractivity contribution in [2.45, 2.75) is 12.6 Å². The van der Waals surface area contributed by atoms with Crippen LogP contribution in [0.15, 0.2) is 36.9 Å². The van der Waals surface area contributed by atoms with Gasteiger partial charge in [-0.3, -0.25) is 0 Å². The zero-order chi connectivity index (χ0) is 11.2.